The predicted molar refractivity (Wildman–Crippen MR) is 97.9 cm³/mol. The van der Waals surface area contributed by atoms with Gasteiger partial charge in [0.25, 0.3) is 0 Å². The first-order valence-electron chi connectivity index (χ1n) is 9.53. The molecule has 0 atom stereocenters. The highest BCUT2D eigenvalue weighted by Gasteiger charge is 2.48. The summed E-state index contributed by atoms with van der Waals surface area (Å²) in [5, 5.41) is 0. The molecule has 140 valence electrons. The molecule has 4 nitrogen and oxygen atoms in total. The Bertz CT molecular complexity index is 460. The highest BCUT2D eigenvalue weighted by atomic mass is 16.6. The number of hydrogen-bond donors (Lipinski definition) is 0. The minimum atomic E-state index is -0.556. The fraction of sp³-hybridized carbons (Fsp3) is 0.714. The summed E-state index contributed by atoms with van der Waals surface area (Å²) in [6, 6.07) is 0. The molecule has 2 aliphatic carbocycles. The number of esters is 2. The minimum absolute atomic E-state index is 0.385. The third kappa shape index (κ3) is 5.20. The van der Waals surface area contributed by atoms with Crippen molar-refractivity contribution in [1.29, 1.82) is 0 Å². The molecule has 0 N–H and O–H groups in total. The second-order valence-electron chi connectivity index (χ2n) is 8.16. The average Bonchev–Trinajstić information content (AvgIpc) is 2.60. The largest absolute Gasteiger partial charge is 0.456 e. The second-order valence-corrected chi connectivity index (χ2v) is 8.16. The van der Waals surface area contributed by atoms with Gasteiger partial charge in [-0.25, -0.2) is 9.59 Å². The van der Waals surface area contributed by atoms with E-state index in [-0.39, 0.29) is 11.9 Å². The zero-order chi connectivity index (χ0) is 18.5. The molecule has 0 aliphatic heterocycles. The zero-order valence-corrected chi connectivity index (χ0v) is 15.7. The molecule has 0 spiro atoms. The molecule has 0 saturated heterocycles. The van der Waals surface area contributed by atoms with Crippen molar-refractivity contribution in [2.45, 2.75) is 82.8 Å². The Morgan fingerprint density at radius 2 is 1.16 bits per heavy atom. The molecule has 0 heterocycles. The van der Waals surface area contributed by atoms with E-state index in [0.29, 0.717) is 18.3 Å². The minimum Gasteiger partial charge on any atom is -0.456 e. The van der Waals surface area contributed by atoms with Gasteiger partial charge in [0.2, 0.25) is 0 Å². The SMILES string of the molecule is C=CC(=O)OC1(CC2(OC(=O)C=C)CCC(C)CC2)CCC(C)CC1. The molecule has 0 aromatic rings. The summed E-state index contributed by atoms with van der Waals surface area (Å²) in [6.07, 6.45) is 10.4. The van der Waals surface area contributed by atoms with Crippen LogP contribution >= 0.6 is 0 Å². The quantitative estimate of drug-likeness (QED) is 0.514. The number of carbonyl (C=O) groups is 2. The van der Waals surface area contributed by atoms with Crippen molar-refractivity contribution in [2.75, 3.05) is 0 Å². The third-order valence-corrected chi connectivity index (χ3v) is 5.98. The molecule has 0 aromatic carbocycles. The van der Waals surface area contributed by atoms with E-state index in [1.165, 1.54) is 12.2 Å². The summed E-state index contributed by atoms with van der Waals surface area (Å²) < 4.78 is 11.7. The van der Waals surface area contributed by atoms with E-state index < -0.39 is 11.2 Å². The first-order chi connectivity index (χ1) is 11.8. The lowest BCUT2D eigenvalue weighted by atomic mass is 9.68. The van der Waals surface area contributed by atoms with Gasteiger partial charge in [0.05, 0.1) is 0 Å². The lowest BCUT2D eigenvalue weighted by molar-refractivity contribution is -0.182. The van der Waals surface area contributed by atoms with E-state index >= 15 is 0 Å². The lowest BCUT2D eigenvalue weighted by Gasteiger charge is -2.47. The molecule has 0 radical (unpaired) electrons. The van der Waals surface area contributed by atoms with Crippen molar-refractivity contribution in [3.63, 3.8) is 0 Å². The van der Waals surface area contributed by atoms with E-state index in [0.717, 1.165) is 51.4 Å². The molecule has 25 heavy (non-hydrogen) atoms. The van der Waals surface area contributed by atoms with E-state index in [1.807, 2.05) is 0 Å². The number of hydrogen-bond acceptors (Lipinski definition) is 4. The molecular formula is C21H32O4. The smallest absolute Gasteiger partial charge is 0.330 e. The van der Waals surface area contributed by atoms with Gasteiger partial charge in [0.15, 0.2) is 0 Å². The summed E-state index contributed by atoms with van der Waals surface area (Å²) >= 11 is 0. The first kappa shape index (κ1) is 19.7. The lowest BCUT2D eigenvalue weighted by Crippen LogP contribution is -2.49. The molecule has 2 aliphatic rings. The van der Waals surface area contributed by atoms with Gasteiger partial charge in [0.1, 0.15) is 11.2 Å². The van der Waals surface area contributed by atoms with Gasteiger partial charge in [-0.3, -0.25) is 0 Å². The van der Waals surface area contributed by atoms with Crippen LogP contribution in [-0.2, 0) is 19.1 Å². The second kappa shape index (κ2) is 8.20. The molecule has 2 saturated carbocycles. The van der Waals surface area contributed by atoms with Gasteiger partial charge < -0.3 is 9.47 Å². The Balaban J connectivity index is 2.24. The van der Waals surface area contributed by atoms with Gasteiger partial charge in [-0.05, 0) is 63.2 Å². The fourth-order valence-electron chi connectivity index (χ4n) is 4.30. The van der Waals surface area contributed by atoms with E-state index in [9.17, 15) is 9.59 Å². The van der Waals surface area contributed by atoms with Crippen molar-refractivity contribution in [1.82, 2.24) is 0 Å². The topological polar surface area (TPSA) is 52.6 Å². The molecule has 0 unspecified atom stereocenters. The monoisotopic (exact) mass is 348 g/mol. The van der Waals surface area contributed by atoms with Gasteiger partial charge in [-0.2, -0.15) is 0 Å². The van der Waals surface area contributed by atoms with Crippen LogP contribution in [0.3, 0.4) is 0 Å². The van der Waals surface area contributed by atoms with Crippen molar-refractivity contribution >= 4 is 11.9 Å². The maximum atomic E-state index is 12.0. The summed E-state index contributed by atoms with van der Waals surface area (Å²) in [5.41, 5.74) is -1.11. The Kier molecular flexibility index (Phi) is 6.47. The van der Waals surface area contributed by atoms with Crippen LogP contribution in [0.2, 0.25) is 0 Å². The van der Waals surface area contributed by atoms with Crippen LogP contribution in [0.4, 0.5) is 0 Å². The van der Waals surface area contributed by atoms with Gasteiger partial charge in [-0.15, -0.1) is 0 Å². The van der Waals surface area contributed by atoms with Crippen LogP contribution in [0, 0.1) is 11.8 Å². The van der Waals surface area contributed by atoms with Gasteiger partial charge in [-0.1, -0.05) is 27.0 Å². The molecule has 0 amide bonds. The van der Waals surface area contributed by atoms with Crippen molar-refractivity contribution in [2.24, 2.45) is 11.8 Å². The summed E-state index contributed by atoms with van der Waals surface area (Å²) in [5.74, 6) is 0.495. The normalized spacial score (nSPS) is 35.4. The number of carbonyl (C=O) groups excluding carboxylic acids is 2. The molecule has 2 rings (SSSR count). The molecule has 2 fully saturated rings. The Morgan fingerprint density at radius 3 is 1.44 bits per heavy atom. The highest BCUT2D eigenvalue weighted by Crippen LogP contribution is 2.46. The first-order valence-corrected chi connectivity index (χ1v) is 9.53. The molecule has 0 bridgehead atoms. The third-order valence-electron chi connectivity index (χ3n) is 5.98. The van der Waals surface area contributed by atoms with Gasteiger partial charge in [0, 0.05) is 18.6 Å². The van der Waals surface area contributed by atoms with Crippen LogP contribution in [0.15, 0.2) is 25.3 Å². The van der Waals surface area contributed by atoms with Gasteiger partial charge >= 0.3 is 11.9 Å². The fourth-order valence-corrected chi connectivity index (χ4v) is 4.30. The van der Waals surface area contributed by atoms with Crippen LogP contribution < -0.4 is 0 Å². The Hall–Kier alpha value is -1.58. The molecule has 4 heteroatoms. The zero-order valence-electron chi connectivity index (χ0n) is 15.7. The van der Waals surface area contributed by atoms with Crippen LogP contribution in [0.25, 0.3) is 0 Å². The summed E-state index contributed by atoms with van der Waals surface area (Å²) in [4.78, 5) is 24.0. The maximum Gasteiger partial charge on any atom is 0.330 e. The molecular weight excluding hydrogens is 316 g/mol. The standard InChI is InChI=1S/C21H32O4/c1-5-18(22)24-20(11-7-16(3)8-12-20)15-21(25-19(23)6-2)13-9-17(4)10-14-21/h5-6,16-17H,1-2,7-15H2,3-4H3. The number of ether oxygens (including phenoxy) is 2. The van der Waals surface area contributed by atoms with Crippen molar-refractivity contribution < 1.29 is 19.1 Å². The molecule has 0 aromatic heterocycles. The summed E-state index contributed by atoms with van der Waals surface area (Å²) in [7, 11) is 0. The summed E-state index contributed by atoms with van der Waals surface area (Å²) in [6.45, 7) is 11.5. The van der Waals surface area contributed by atoms with Crippen molar-refractivity contribution in [3.8, 4) is 0 Å². The van der Waals surface area contributed by atoms with E-state index in [1.54, 1.807) is 0 Å². The van der Waals surface area contributed by atoms with Crippen LogP contribution in [0.5, 0.6) is 0 Å². The van der Waals surface area contributed by atoms with Crippen molar-refractivity contribution in [3.05, 3.63) is 25.3 Å². The van der Waals surface area contributed by atoms with Crippen LogP contribution in [0.1, 0.15) is 71.6 Å². The highest BCUT2D eigenvalue weighted by molar-refractivity contribution is 5.82. The average molecular weight is 348 g/mol. The van der Waals surface area contributed by atoms with E-state index in [4.69, 9.17) is 9.47 Å². The Morgan fingerprint density at radius 1 is 0.840 bits per heavy atom. The predicted octanol–water partition coefficient (Wildman–Crippen LogP) is 4.73. The maximum absolute atomic E-state index is 12.0. The van der Waals surface area contributed by atoms with Crippen LogP contribution in [-0.4, -0.2) is 23.1 Å². The Labute approximate surface area is 151 Å². The van der Waals surface area contributed by atoms with E-state index in [2.05, 4.69) is 27.0 Å². The number of rotatable bonds is 6.